The van der Waals surface area contributed by atoms with Crippen LogP contribution in [0.1, 0.15) is 19.4 Å². The lowest BCUT2D eigenvalue weighted by Gasteiger charge is -2.15. The van der Waals surface area contributed by atoms with Gasteiger partial charge < -0.3 is 14.2 Å². The molecule has 1 N–H and O–H groups in total. The molecule has 0 spiro atoms. The molecule has 120 valence electrons. The Hall–Kier alpha value is -1.31. The van der Waals surface area contributed by atoms with Crippen LogP contribution < -0.4 is 14.2 Å². The first kappa shape index (κ1) is 17.7. The number of benzene rings is 1. The second-order valence-electron chi connectivity index (χ2n) is 4.32. The molecule has 0 unspecified atom stereocenters. The molecule has 0 saturated heterocycles. The highest BCUT2D eigenvalue weighted by molar-refractivity contribution is 7.89. The lowest BCUT2D eigenvalue weighted by atomic mass is 10.2. The molecule has 0 aromatic heterocycles. The van der Waals surface area contributed by atoms with Crippen LogP contribution in [0.25, 0.3) is 0 Å². The second-order valence-corrected chi connectivity index (χ2v) is 6.06. The van der Waals surface area contributed by atoms with Crippen molar-refractivity contribution in [1.29, 1.82) is 0 Å². The minimum Gasteiger partial charge on any atom is -0.494 e. The van der Waals surface area contributed by atoms with Gasteiger partial charge in [0.1, 0.15) is 16.4 Å². The van der Waals surface area contributed by atoms with Crippen molar-refractivity contribution in [2.24, 2.45) is 0 Å². The topological polar surface area (TPSA) is 73.9 Å². The molecule has 0 fully saturated rings. The smallest absolute Gasteiger partial charge is 0.244 e. The normalized spacial score (nSPS) is 11.4. The SMILES string of the molecule is CCOc1cc(S(=O)(=O)NCCOC)c(OCC)cc1C. The first-order chi connectivity index (χ1) is 9.96. The number of sulfonamides is 1. The Morgan fingerprint density at radius 3 is 2.29 bits per heavy atom. The van der Waals surface area contributed by atoms with Crippen molar-refractivity contribution in [3.63, 3.8) is 0 Å². The zero-order valence-corrected chi connectivity index (χ0v) is 13.7. The molecule has 7 heteroatoms. The number of aryl methyl sites for hydroxylation is 1. The molecular formula is C14H23NO5S. The van der Waals surface area contributed by atoms with E-state index in [-0.39, 0.29) is 11.4 Å². The van der Waals surface area contributed by atoms with E-state index in [1.165, 1.54) is 13.2 Å². The summed E-state index contributed by atoms with van der Waals surface area (Å²) in [6.07, 6.45) is 0. The van der Waals surface area contributed by atoms with E-state index in [1.807, 2.05) is 13.8 Å². The van der Waals surface area contributed by atoms with E-state index in [1.54, 1.807) is 13.0 Å². The lowest BCUT2D eigenvalue weighted by Crippen LogP contribution is -2.27. The van der Waals surface area contributed by atoms with Gasteiger partial charge in [0.15, 0.2) is 0 Å². The van der Waals surface area contributed by atoms with E-state index in [9.17, 15) is 8.42 Å². The third-order valence-corrected chi connectivity index (χ3v) is 4.21. The van der Waals surface area contributed by atoms with Gasteiger partial charge in [-0.15, -0.1) is 0 Å². The Balaban J connectivity index is 3.20. The maximum atomic E-state index is 12.4. The van der Waals surface area contributed by atoms with Crippen LogP contribution in [0.4, 0.5) is 0 Å². The van der Waals surface area contributed by atoms with E-state index in [0.717, 1.165) is 5.56 Å². The van der Waals surface area contributed by atoms with Crippen molar-refractivity contribution < 1.29 is 22.6 Å². The summed E-state index contributed by atoms with van der Waals surface area (Å²) in [5.74, 6) is 0.858. The van der Waals surface area contributed by atoms with Gasteiger partial charge in [-0.2, -0.15) is 0 Å². The fraction of sp³-hybridized carbons (Fsp3) is 0.571. The third-order valence-electron chi connectivity index (χ3n) is 2.73. The van der Waals surface area contributed by atoms with Crippen LogP contribution in [0.5, 0.6) is 11.5 Å². The van der Waals surface area contributed by atoms with Gasteiger partial charge in [0.25, 0.3) is 0 Å². The molecule has 1 aromatic rings. The average molecular weight is 317 g/mol. The lowest BCUT2D eigenvalue weighted by molar-refractivity contribution is 0.204. The number of hydrogen-bond donors (Lipinski definition) is 1. The van der Waals surface area contributed by atoms with Crippen molar-refractivity contribution in [3.05, 3.63) is 17.7 Å². The minimum absolute atomic E-state index is 0.0782. The fourth-order valence-electron chi connectivity index (χ4n) is 1.79. The Bertz CT molecular complexity index is 557. The first-order valence-electron chi connectivity index (χ1n) is 6.85. The summed E-state index contributed by atoms with van der Waals surface area (Å²) < 4.78 is 43.0. The zero-order chi connectivity index (χ0) is 15.9. The Kier molecular flexibility index (Phi) is 6.94. The summed E-state index contributed by atoms with van der Waals surface area (Å²) >= 11 is 0. The molecule has 0 aliphatic heterocycles. The van der Waals surface area contributed by atoms with Gasteiger partial charge >= 0.3 is 0 Å². The summed E-state index contributed by atoms with van der Waals surface area (Å²) in [5, 5.41) is 0. The third kappa shape index (κ3) is 4.87. The molecular weight excluding hydrogens is 294 g/mol. The first-order valence-corrected chi connectivity index (χ1v) is 8.33. The van der Waals surface area contributed by atoms with Crippen LogP contribution in [-0.4, -0.2) is 41.9 Å². The van der Waals surface area contributed by atoms with Crippen molar-refractivity contribution in [1.82, 2.24) is 4.72 Å². The van der Waals surface area contributed by atoms with Gasteiger partial charge in [0, 0.05) is 19.7 Å². The molecule has 0 radical (unpaired) electrons. The van der Waals surface area contributed by atoms with Crippen LogP contribution >= 0.6 is 0 Å². The van der Waals surface area contributed by atoms with Gasteiger partial charge in [0.2, 0.25) is 10.0 Å². The van der Waals surface area contributed by atoms with Crippen LogP contribution in [0.15, 0.2) is 17.0 Å². The molecule has 0 amide bonds. The molecule has 0 heterocycles. The average Bonchev–Trinajstić information content (AvgIpc) is 2.42. The molecule has 0 bridgehead atoms. The number of ether oxygens (including phenoxy) is 3. The molecule has 0 aliphatic rings. The number of nitrogens with one attached hydrogen (secondary N) is 1. The standard InChI is InChI=1S/C14H23NO5S/c1-5-19-12-10-14(13(20-6-2)9-11(12)3)21(16,17)15-7-8-18-4/h9-10,15H,5-8H2,1-4H3. The molecule has 1 rings (SSSR count). The molecule has 0 aliphatic carbocycles. The van der Waals surface area contributed by atoms with Crippen LogP contribution in [0, 0.1) is 6.92 Å². The van der Waals surface area contributed by atoms with E-state index in [2.05, 4.69) is 4.72 Å². The van der Waals surface area contributed by atoms with E-state index < -0.39 is 10.0 Å². The highest BCUT2D eigenvalue weighted by Gasteiger charge is 2.21. The quantitative estimate of drug-likeness (QED) is 0.702. The van der Waals surface area contributed by atoms with Gasteiger partial charge in [-0.25, -0.2) is 13.1 Å². The van der Waals surface area contributed by atoms with Gasteiger partial charge in [-0.3, -0.25) is 0 Å². The number of rotatable bonds is 9. The molecule has 21 heavy (non-hydrogen) atoms. The summed E-state index contributed by atoms with van der Waals surface area (Å²) in [7, 11) is -2.17. The minimum atomic E-state index is -3.68. The van der Waals surface area contributed by atoms with Crippen LogP contribution in [0.2, 0.25) is 0 Å². The summed E-state index contributed by atoms with van der Waals surface area (Å²) in [5.41, 5.74) is 0.830. The van der Waals surface area contributed by atoms with Crippen LogP contribution in [-0.2, 0) is 14.8 Å². The number of methoxy groups -OCH3 is 1. The van der Waals surface area contributed by atoms with Crippen molar-refractivity contribution in [2.45, 2.75) is 25.7 Å². The Morgan fingerprint density at radius 1 is 1.10 bits per heavy atom. The van der Waals surface area contributed by atoms with Crippen molar-refractivity contribution in [2.75, 3.05) is 33.5 Å². The maximum Gasteiger partial charge on any atom is 0.244 e. The predicted octanol–water partition coefficient (Wildman–Crippen LogP) is 1.72. The van der Waals surface area contributed by atoms with E-state index in [4.69, 9.17) is 14.2 Å². The second kappa shape index (κ2) is 8.21. The zero-order valence-electron chi connectivity index (χ0n) is 12.9. The van der Waals surface area contributed by atoms with Crippen molar-refractivity contribution >= 4 is 10.0 Å². The predicted molar refractivity (Wildman–Crippen MR) is 80.6 cm³/mol. The summed E-state index contributed by atoms with van der Waals surface area (Å²) in [6, 6.07) is 3.18. The van der Waals surface area contributed by atoms with E-state index >= 15 is 0 Å². The monoisotopic (exact) mass is 317 g/mol. The fourth-order valence-corrected chi connectivity index (χ4v) is 2.94. The molecule has 0 atom stereocenters. The highest BCUT2D eigenvalue weighted by Crippen LogP contribution is 2.31. The Labute approximate surface area is 126 Å². The van der Waals surface area contributed by atoms with Crippen LogP contribution in [0.3, 0.4) is 0 Å². The van der Waals surface area contributed by atoms with Gasteiger partial charge in [-0.1, -0.05) is 0 Å². The van der Waals surface area contributed by atoms with Gasteiger partial charge in [0.05, 0.1) is 19.8 Å². The van der Waals surface area contributed by atoms with Crippen molar-refractivity contribution in [3.8, 4) is 11.5 Å². The summed E-state index contributed by atoms with van der Waals surface area (Å²) in [4.78, 5) is 0.0782. The molecule has 0 saturated carbocycles. The number of hydrogen-bond acceptors (Lipinski definition) is 5. The molecule has 1 aromatic carbocycles. The van der Waals surface area contributed by atoms with E-state index in [0.29, 0.717) is 31.3 Å². The molecule has 6 nitrogen and oxygen atoms in total. The highest BCUT2D eigenvalue weighted by atomic mass is 32.2. The van der Waals surface area contributed by atoms with Gasteiger partial charge in [-0.05, 0) is 32.4 Å². The Morgan fingerprint density at radius 2 is 1.71 bits per heavy atom. The maximum absolute atomic E-state index is 12.4. The summed E-state index contributed by atoms with van der Waals surface area (Å²) in [6.45, 7) is 6.85. The largest absolute Gasteiger partial charge is 0.494 e.